The monoisotopic (exact) mass is 222 g/mol. The molecule has 0 bridgehead atoms. The number of aromatic hydroxyl groups is 1. The van der Waals surface area contributed by atoms with Gasteiger partial charge >= 0.3 is 0 Å². The molecule has 1 fully saturated rings. The van der Waals surface area contributed by atoms with Crippen molar-refractivity contribution in [1.29, 1.82) is 0 Å². The van der Waals surface area contributed by atoms with Gasteiger partial charge in [-0.2, -0.15) is 0 Å². The van der Waals surface area contributed by atoms with Gasteiger partial charge in [0, 0.05) is 17.3 Å². The van der Waals surface area contributed by atoms with E-state index in [4.69, 9.17) is 5.73 Å². The maximum atomic E-state index is 10.2. The van der Waals surface area contributed by atoms with Gasteiger partial charge in [-0.05, 0) is 37.9 Å². The van der Waals surface area contributed by atoms with Crippen LogP contribution in [0.2, 0.25) is 0 Å². The van der Waals surface area contributed by atoms with E-state index in [9.17, 15) is 10.2 Å². The maximum Gasteiger partial charge on any atom is 0.117 e. The number of phenolic OH excluding ortho intramolecular Hbond substituents is 1. The Balaban J connectivity index is 2.15. The van der Waals surface area contributed by atoms with Crippen molar-refractivity contribution in [2.45, 2.75) is 18.9 Å². The molecule has 1 heterocycles. The second kappa shape index (κ2) is 4.72. The van der Waals surface area contributed by atoms with Crippen molar-refractivity contribution in [1.82, 2.24) is 5.32 Å². The van der Waals surface area contributed by atoms with Gasteiger partial charge in [0.1, 0.15) is 5.75 Å². The van der Waals surface area contributed by atoms with E-state index in [-0.39, 0.29) is 11.7 Å². The lowest BCUT2D eigenvalue weighted by molar-refractivity contribution is 0.0895. The van der Waals surface area contributed by atoms with Crippen LogP contribution < -0.4 is 11.1 Å². The number of nitrogen functional groups attached to an aromatic ring is 1. The van der Waals surface area contributed by atoms with Gasteiger partial charge in [-0.3, -0.25) is 0 Å². The van der Waals surface area contributed by atoms with Gasteiger partial charge in [-0.15, -0.1) is 0 Å². The van der Waals surface area contributed by atoms with E-state index in [0.29, 0.717) is 5.69 Å². The first kappa shape index (κ1) is 11.2. The molecule has 1 aromatic rings. The van der Waals surface area contributed by atoms with E-state index in [1.165, 1.54) is 6.07 Å². The number of hydrogen-bond donors (Lipinski definition) is 4. The molecule has 1 saturated heterocycles. The van der Waals surface area contributed by atoms with Crippen LogP contribution in [0.3, 0.4) is 0 Å². The van der Waals surface area contributed by atoms with Gasteiger partial charge in [0.15, 0.2) is 0 Å². The van der Waals surface area contributed by atoms with Crippen LogP contribution in [0.15, 0.2) is 18.2 Å². The van der Waals surface area contributed by atoms with Crippen molar-refractivity contribution < 1.29 is 10.2 Å². The number of aliphatic hydroxyl groups excluding tert-OH is 1. The van der Waals surface area contributed by atoms with Crippen LogP contribution in [0.5, 0.6) is 5.75 Å². The SMILES string of the molecule is Nc1cc(O)ccc1C(O)C1CCNCC1. The molecule has 1 aliphatic rings. The predicted octanol–water partition coefficient (Wildman–Crippen LogP) is 1.01. The van der Waals surface area contributed by atoms with Crippen LogP contribution in [0.4, 0.5) is 5.69 Å². The summed E-state index contributed by atoms with van der Waals surface area (Å²) in [5.74, 6) is 0.395. The summed E-state index contributed by atoms with van der Waals surface area (Å²) >= 11 is 0. The minimum Gasteiger partial charge on any atom is -0.508 e. The molecule has 16 heavy (non-hydrogen) atoms. The maximum absolute atomic E-state index is 10.2. The summed E-state index contributed by atoms with van der Waals surface area (Å²) in [6.07, 6.45) is 1.39. The Bertz CT molecular complexity index is 362. The fourth-order valence-corrected chi connectivity index (χ4v) is 2.25. The number of nitrogens with one attached hydrogen (secondary N) is 1. The van der Waals surface area contributed by atoms with Crippen LogP contribution in [-0.4, -0.2) is 23.3 Å². The smallest absolute Gasteiger partial charge is 0.117 e. The highest BCUT2D eigenvalue weighted by Gasteiger charge is 2.24. The number of phenols is 1. The Hall–Kier alpha value is -1.26. The highest BCUT2D eigenvalue weighted by Crippen LogP contribution is 2.33. The third-order valence-electron chi connectivity index (χ3n) is 3.22. The van der Waals surface area contributed by atoms with E-state index in [2.05, 4.69) is 5.32 Å². The molecule has 4 heteroatoms. The lowest BCUT2D eigenvalue weighted by Crippen LogP contribution is -2.31. The number of anilines is 1. The number of rotatable bonds is 2. The lowest BCUT2D eigenvalue weighted by Gasteiger charge is -2.28. The predicted molar refractivity (Wildman–Crippen MR) is 63.1 cm³/mol. The van der Waals surface area contributed by atoms with E-state index >= 15 is 0 Å². The van der Waals surface area contributed by atoms with Gasteiger partial charge in [0.2, 0.25) is 0 Å². The Morgan fingerprint density at radius 2 is 2.00 bits per heavy atom. The Morgan fingerprint density at radius 3 is 2.62 bits per heavy atom. The van der Waals surface area contributed by atoms with E-state index < -0.39 is 6.10 Å². The molecule has 2 rings (SSSR count). The molecule has 1 aliphatic heterocycles. The Kier molecular flexibility index (Phi) is 3.31. The van der Waals surface area contributed by atoms with Crippen molar-refractivity contribution in [3.63, 3.8) is 0 Å². The molecule has 0 saturated carbocycles. The van der Waals surface area contributed by atoms with Gasteiger partial charge in [-0.25, -0.2) is 0 Å². The van der Waals surface area contributed by atoms with E-state index in [1.54, 1.807) is 12.1 Å². The van der Waals surface area contributed by atoms with Crippen molar-refractivity contribution >= 4 is 5.69 Å². The normalized spacial score (nSPS) is 19.6. The number of hydrogen-bond acceptors (Lipinski definition) is 4. The summed E-state index contributed by atoms with van der Waals surface area (Å²) in [7, 11) is 0. The van der Waals surface area contributed by atoms with E-state index in [0.717, 1.165) is 31.5 Å². The first-order valence-corrected chi connectivity index (χ1v) is 5.65. The number of aliphatic hydroxyl groups is 1. The zero-order valence-corrected chi connectivity index (χ0v) is 9.19. The third kappa shape index (κ3) is 2.28. The van der Waals surface area contributed by atoms with Gasteiger partial charge < -0.3 is 21.3 Å². The summed E-state index contributed by atoms with van der Waals surface area (Å²) in [4.78, 5) is 0. The van der Waals surface area contributed by atoms with Crippen LogP contribution in [-0.2, 0) is 0 Å². The minimum absolute atomic E-state index is 0.138. The van der Waals surface area contributed by atoms with Crippen molar-refractivity contribution in [2.75, 3.05) is 18.8 Å². The van der Waals surface area contributed by atoms with Gasteiger partial charge in [0.05, 0.1) is 6.10 Å². The zero-order chi connectivity index (χ0) is 11.5. The highest BCUT2D eigenvalue weighted by molar-refractivity contribution is 5.52. The largest absolute Gasteiger partial charge is 0.508 e. The molecule has 88 valence electrons. The zero-order valence-electron chi connectivity index (χ0n) is 9.19. The Morgan fingerprint density at radius 1 is 1.31 bits per heavy atom. The standard InChI is InChI=1S/C12H18N2O2/c13-11-7-9(15)1-2-10(11)12(16)8-3-5-14-6-4-8/h1-2,7-8,12,14-16H,3-6,13H2. The number of piperidine rings is 1. The van der Waals surface area contributed by atoms with Gasteiger partial charge in [0.25, 0.3) is 0 Å². The van der Waals surface area contributed by atoms with Crippen LogP contribution in [0.25, 0.3) is 0 Å². The fraction of sp³-hybridized carbons (Fsp3) is 0.500. The topological polar surface area (TPSA) is 78.5 Å². The summed E-state index contributed by atoms with van der Waals surface area (Å²) in [5.41, 5.74) is 6.98. The number of benzene rings is 1. The second-order valence-electron chi connectivity index (χ2n) is 4.35. The number of nitrogens with two attached hydrogens (primary N) is 1. The third-order valence-corrected chi connectivity index (χ3v) is 3.22. The molecule has 0 spiro atoms. The summed E-state index contributed by atoms with van der Waals surface area (Å²) < 4.78 is 0. The summed E-state index contributed by atoms with van der Waals surface area (Å²) in [6, 6.07) is 4.76. The molecule has 0 radical (unpaired) electrons. The molecule has 0 aliphatic carbocycles. The van der Waals surface area contributed by atoms with Crippen molar-refractivity contribution in [3.8, 4) is 5.75 Å². The second-order valence-corrected chi connectivity index (χ2v) is 4.35. The first-order valence-electron chi connectivity index (χ1n) is 5.65. The van der Waals surface area contributed by atoms with Crippen molar-refractivity contribution in [2.24, 2.45) is 5.92 Å². The summed E-state index contributed by atoms with van der Waals surface area (Å²) in [5, 5.41) is 22.7. The quantitative estimate of drug-likeness (QED) is 0.563. The average molecular weight is 222 g/mol. The molecule has 1 unspecified atom stereocenters. The Labute approximate surface area is 95.1 Å². The van der Waals surface area contributed by atoms with Crippen LogP contribution >= 0.6 is 0 Å². The van der Waals surface area contributed by atoms with Crippen LogP contribution in [0.1, 0.15) is 24.5 Å². The van der Waals surface area contributed by atoms with E-state index in [1.807, 2.05) is 0 Å². The molecule has 1 atom stereocenters. The molecule has 0 aromatic heterocycles. The first-order chi connectivity index (χ1) is 7.68. The fourth-order valence-electron chi connectivity index (χ4n) is 2.25. The van der Waals surface area contributed by atoms with Crippen molar-refractivity contribution in [3.05, 3.63) is 23.8 Å². The minimum atomic E-state index is -0.525. The molecular weight excluding hydrogens is 204 g/mol. The molecule has 5 N–H and O–H groups in total. The van der Waals surface area contributed by atoms with Gasteiger partial charge in [-0.1, -0.05) is 6.07 Å². The molecular formula is C12H18N2O2. The highest BCUT2D eigenvalue weighted by atomic mass is 16.3. The summed E-state index contributed by atoms with van der Waals surface area (Å²) in [6.45, 7) is 1.89. The average Bonchev–Trinajstić information content (AvgIpc) is 2.29. The molecule has 1 aromatic carbocycles. The van der Waals surface area contributed by atoms with Crippen LogP contribution in [0, 0.1) is 5.92 Å². The molecule has 0 amide bonds. The molecule has 4 nitrogen and oxygen atoms in total. The lowest BCUT2D eigenvalue weighted by atomic mass is 9.87.